The van der Waals surface area contributed by atoms with Gasteiger partial charge in [0, 0.05) is 0 Å². The highest BCUT2D eigenvalue weighted by Crippen LogP contribution is 2.37. The highest BCUT2D eigenvalue weighted by atomic mass is 79.9. The molecule has 110 valence electrons. The molecule has 0 N–H and O–H groups in total. The van der Waals surface area contributed by atoms with Crippen molar-refractivity contribution in [3.05, 3.63) is 59.2 Å². The fourth-order valence-electron chi connectivity index (χ4n) is 2.46. The van der Waals surface area contributed by atoms with Gasteiger partial charge in [0.05, 0.1) is 4.83 Å². The molecule has 0 saturated heterocycles. The number of halogens is 1. The summed E-state index contributed by atoms with van der Waals surface area (Å²) in [6.07, 6.45) is 0. The van der Waals surface area contributed by atoms with Crippen molar-refractivity contribution in [2.75, 3.05) is 13.2 Å². The van der Waals surface area contributed by atoms with Crippen LogP contribution >= 0.6 is 15.9 Å². The maximum Gasteiger partial charge on any atom is 0.161 e. The lowest BCUT2D eigenvalue weighted by atomic mass is 9.98. The van der Waals surface area contributed by atoms with Gasteiger partial charge in [-0.15, -0.1) is 0 Å². The number of fused-ring (bicyclic) bond motifs is 1. The molecule has 3 heteroatoms. The van der Waals surface area contributed by atoms with Crippen LogP contribution in [0.2, 0.25) is 0 Å². The SMILES string of the molecule is CC(C)c1ccc(C(Br)c2ccc3c(c2)OCCO3)cc1. The summed E-state index contributed by atoms with van der Waals surface area (Å²) in [6, 6.07) is 14.9. The van der Waals surface area contributed by atoms with Gasteiger partial charge < -0.3 is 9.47 Å². The van der Waals surface area contributed by atoms with E-state index in [-0.39, 0.29) is 4.83 Å². The van der Waals surface area contributed by atoms with Gasteiger partial charge in [-0.2, -0.15) is 0 Å². The molecule has 1 unspecified atom stereocenters. The van der Waals surface area contributed by atoms with Gasteiger partial charge in [-0.3, -0.25) is 0 Å². The second kappa shape index (κ2) is 6.10. The third kappa shape index (κ3) is 3.08. The summed E-state index contributed by atoms with van der Waals surface area (Å²) in [4.78, 5) is 0.162. The quantitative estimate of drug-likeness (QED) is 0.722. The average Bonchev–Trinajstić information content (AvgIpc) is 2.54. The van der Waals surface area contributed by atoms with E-state index in [9.17, 15) is 0 Å². The molecule has 2 aromatic carbocycles. The van der Waals surface area contributed by atoms with E-state index in [2.05, 4.69) is 66.2 Å². The van der Waals surface area contributed by atoms with Crippen molar-refractivity contribution in [3.8, 4) is 11.5 Å². The van der Waals surface area contributed by atoms with Crippen molar-refractivity contribution in [1.29, 1.82) is 0 Å². The van der Waals surface area contributed by atoms with Crippen LogP contribution in [0.3, 0.4) is 0 Å². The van der Waals surface area contributed by atoms with Crippen LogP contribution in [0.1, 0.15) is 41.3 Å². The number of rotatable bonds is 3. The number of hydrogen-bond acceptors (Lipinski definition) is 2. The summed E-state index contributed by atoms with van der Waals surface area (Å²) >= 11 is 3.79. The summed E-state index contributed by atoms with van der Waals surface area (Å²) in [5.41, 5.74) is 3.79. The Morgan fingerprint density at radius 3 is 2.05 bits per heavy atom. The Morgan fingerprint density at radius 2 is 1.38 bits per heavy atom. The van der Waals surface area contributed by atoms with Crippen LogP contribution < -0.4 is 9.47 Å². The Bertz CT molecular complexity index is 620. The summed E-state index contributed by atoms with van der Waals surface area (Å²) in [6.45, 7) is 5.66. The van der Waals surface area contributed by atoms with Crippen LogP contribution in [0.25, 0.3) is 0 Å². The monoisotopic (exact) mass is 346 g/mol. The third-order valence-corrected chi connectivity index (χ3v) is 4.81. The Morgan fingerprint density at radius 1 is 0.810 bits per heavy atom. The molecule has 21 heavy (non-hydrogen) atoms. The minimum absolute atomic E-state index is 0.162. The van der Waals surface area contributed by atoms with Crippen LogP contribution in [-0.4, -0.2) is 13.2 Å². The maximum absolute atomic E-state index is 5.65. The van der Waals surface area contributed by atoms with Crippen LogP contribution in [0, 0.1) is 0 Å². The molecule has 0 spiro atoms. The summed E-state index contributed by atoms with van der Waals surface area (Å²) < 4.78 is 11.2. The van der Waals surface area contributed by atoms with E-state index < -0.39 is 0 Å². The standard InChI is InChI=1S/C18H19BrO2/c1-12(2)13-3-5-14(6-4-13)18(19)15-7-8-16-17(11-15)21-10-9-20-16/h3-8,11-12,18H,9-10H2,1-2H3. The molecule has 0 radical (unpaired) electrons. The molecule has 1 aliphatic rings. The molecule has 0 fully saturated rings. The number of hydrogen-bond donors (Lipinski definition) is 0. The second-order valence-corrected chi connectivity index (χ2v) is 6.50. The molecule has 0 bridgehead atoms. The first-order valence-corrected chi connectivity index (χ1v) is 8.20. The lowest BCUT2D eigenvalue weighted by Gasteiger charge is -2.20. The van der Waals surface area contributed by atoms with Gasteiger partial charge in [0.25, 0.3) is 0 Å². The van der Waals surface area contributed by atoms with Crippen LogP contribution in [-0.2, 0) is 0 Å². The van der Waals surface area contributed by atoms with Crippen LogP contribution in [0.4, 0.5) is 0 Å². The minimum Gasteiger partial charge on any atom is -0.486 e. The van der Waals surface area contributed by atoms with E-state index in [1.54, 1.807) is 0 Å². The van der Waals surface area contributed by atoms with E-state index in [0.29, 0.717) is 19.1 Å². The summed E-state index contributed by atoms with van der Waals surface area (Å²) in [5, 5.41) is 0. The van der Waals surface area contributed by atoms with Gasteiger partial charge >= 0.3 is 0 Å². The predicted molar refractivity (Wildman–Crippen MR) is 88.7 cm³/mol. The first-order chi connectivity index (χ1) is 10.1. The molecule has 2 nitrogen and oxygen atoms in total. The smallest absolute Gasteiger partial charge is 0.161 e. The highest BCUT2D eigenvalue weighted by Gasteiger charge is 2.16. The van der Waals surface area contributed by atoms with Gasteiger partial charge in [0.1, 0.15) is 13.2 Å². The largest absolute Gasteiger partial charge is 0.486 e. The molecule has 1 aliphatic heterocycles. The third-order valence-electron chi connectivity index (χ3n) is 3.75. The predicted octanol–water partition coefficient (Wildman–Crippen LogP) is 5.07. The number of ether oxygens (including phenoxy) is 2. The van der Waals surface area contributed by atoms with Gasteiger partial charge in [-0.1, -0.05) is 60.1 Å². The van der Waals surface area contributed by atoms with Crippen molar-refractivity contribution in [1.82, 2.24) is 0 Å². The number of alkyl halides is 1. The molecule has 0 saturated carbocycles. The molecule has 3 rings (SSSR count). The van der Waals surface area contributed by atoms with Crippen LogP contribution in [0.15, 0.2) is 42.5 Å². The van der Waals surface area contributed by atoms with Crippen molar-refractivity contribution in [2.24, 2.45) is 0 Å². The summed E-state index contributed by atoms with van der Waals surface area (Å²) in [7, 11) is 0. The van der Waals surface area contributed by atoms with Crippen molar-refractivity contribution in [3.63, 3.8) is 0 Å². The Balaban J connectivity index is 1.85. The van der Waals surface area contributed by atoms with E-state index >= 15 is 0 Å². The van der Waals surface area contributed by atoms with E-state index in [1.165, 1.54) is 16.7 Å². The number of benzene rings is 2. The molecular weight excluding hydrogens is 328 g/mol. The van der Waals surface area contributed by atoms with E-state index in [1.807, 2.05) is 6.07 Å². The van der Waals surface area contributed by atoms with Crippen LogP contribution in [0.5, 0.6) is 11.5 Å². The molecule has 0 aromatic heterocycles. The topological polar surface area (TPSA) is 18.5 Å². The lowest BCUT2D eigenvalue weighted by molar-refractivity contribution is 0.171. The Labute approximate surface area is 134 Å². The Hall–Kier alpha value is -1.48. The normalized spacial score (nSPS) is 15.0. The zero-order valence-electron chi connectivity index (χ0n) is 12.3. The van der Waals surface area contributed by atoms with E-state index in [4.69, 9.17) is 9.47 Å². The van der Waals surface area contributed by atoms with Crippen molar-refractivity contribution >= 4 is 15.9 Å². The lowest BCUT2D eigenvalue weighted by Crippen LogP contribution is -2.15. The molecule has 0 amide bonds. The van der Waals surface area contributed by atoms with Gasteiger partial charge in [-0.25, -0.2) is 0 Å². The van der Waals surface area contributed by atoms with Crippen molar-refractivity contribution < 1.29 is 9.47 Å². The van der Waals surface area contributed by atoms with Gasteiger partial charge in [0.15, 0.2) is 11.5 Å². The van der Waals surface area contributed by atoms with Gasteiger partial charge in [0.2, 0.25) is 0 Å². The van der Waals surface area contributed by atoms with Crippen molar-refractivity contribution in [2.45, 2.75) is 24.6 Å². The molecular formula is C18H19BrO2. The zero-order valence-corrected chi connectivity index (χ0v) is 13.9. The molecule has 0 aliphatic carbocycles. The molecule has 2 aromatic rings. The first-order valence-electron chi connectivity index (χ1n) is 7.28. The second-order valence-electron chi connectivity index (χ2n) is 5.59. The zero-order chi connectivity index (χ0) is 14.8. The molecule has 1 atom stereocenters. The maximum atomic E-state index is 5.65. The fraction of sp³-hybridized carbons (Fsp3) is 0.333. The average molecular weight is 347 g/mol. The van der Waals surface area contributed by atoms with E-state index in [0.717, 1.165) is 11.5 Å². The Kier molecular flexibility index (Phi) is 4.20. The first kappa shape index (κ1) is 14.5. The molecule has 1 heterocycles. The summed E-state index contributed by atoms with van der Waals surface area (Å²) in [5.74, 6) is 2.23. The minimum atomic E-state index is 0.162. The highest BCUT2D eigenvalue weighted by molar-refractivity contribution is 9.09. The fourth-order valence-corrected chi connectivity index (χ4v) is 3.05. The van der Waals surface area contributed by atoms with Gasteiger partial charge in [-0.05, 0) is 34.7 Å².